The second-order valence-electron chi connectivity index (χ2n) is 6.09. The Kier molecular flexibility index (Phi) is 7.59. The highest BCUT2D eigenvalue weighted by atomic mass is 35.5. The van der Waals surface area contributed by atoms with Crippen LogP contribution in [0.1, 0.15) is 11.1 Å². The Hall–Kier alpha value is -3.16. The lowest BCUT2D eigenvalue weighted by molar-refractivity contribution is 0.280. The average Bonchev–Trinajstić information content (AvgIpc) is 2.74. The maximum Gasteiger partial charge on any atom is 0.191 e. The molecular weight excluding hydrogens is 425 g/mol. The molecule has 0 aromatic heterocycles. The van der Waals surface area contributed by atoms with Crippen LogP contribution in [-0.2, 0) is 6.61 Å². The Balaban J connectivity index is 1.61. The maximum absolute atomic E-state index is 13.9. The predicted molar refractivity (Wildman–Crippen MR) is 122 cm³/mol. The molecule has 0 radical (unpaired) electrons. The summed E-state index contributed by atoms with van der Waals surface area (Å²) in [6.45, 7) is -0.0176. The highest BCUT2D eigenvalue weighted by Crippen LogP contribution is 2.29. The molecule has 0 fully saturated rings. The van der Waals surface area contributed by atoms with Gasteiger partial charge in [0.25, 0.3) is 0 Å². The Morgan fingerprint density at radius 3 is 2.63 bits per heavy atom. The molecule has 3 aromatic rings. The summed E-state index contributed by atoms with van der Waals surface area (Å²) < 4.78 is 25.0. The summed E-state index contributed by atoms with van der Waals surface area (Å²) in [5.41, 5.74) is 4.67. The molecular formula is C22H19ClFN3O2S. The van der Waals surface area contributed by atoms with E-state index in [0.717, 1.165) is 11.3 Å². The number of thiocarbonyl (C=S) groups is 1. The first-order valence-electron chi connectivity index (χ1n) is 8.95. The fraction of sp³-hybridized carbons (Fsp3) is 0.0909. The molecule has 30 heavy (non-hydrogen) atoms. The van der Waals surface area contributed by atoms with Gasteiger partial charge in [0.05, 0.1) is 18.3 Å². The number of hydrazone groups is 1. The molecule has 0 unspecified atom stereocenters. The zero-order valence-corrected chi connectivity index (χ0v) is 17.6. The molecule has 154 valence electrons. The second-order valence-corrected chi connectivity index (χ2v) is 6.90. The van der Waals surface area contributed by atoms with Crippen LogP contribution in [0, 0.1) is 5.82 Å². The van der Waals surface area contributed by atoms with Crippen LogP contribution in [-0.4, -0.2) is 18.4 Å². The standard InChI is InChI=1S/C22H19ClFN3O2S/c1-28-21-12-15(13-25-27-22(30)26-16-6-3-2-4-7-16)10-11-20(21)29-14-17-18(23)8-5-9-19(17)24/h2-13H,14H2,1H3,(H2,26,27,30)/b25-13-. The maximum atomic E-state index is 13.9. The van der Waals surface area contributed by atoms with E-state index >= 15 is 0 Å². The van der Waals surface area contributed by atoms with E-state index in [1.165, 1.54) is 13.2 Å². The molecule has 0 aliphatic carbocycles. The molecule has 0 saturated carbocycles. The van der Waals surface area contributed by atoms with Gasteiger partial charge in [-0.1, -0.05) is 35.9 Å². The highest BCUT2D eigenvalue weighted by molar-refractivity contribution is 7.80. The normalized spacial score (nSPS) is 10.6. The van der Waals surface area contributed by atoms with E-state index in [9.17, 15) is 4.39 Å². The van der Waals surface area contributed by atoms with Crippen LogP contribution in [0.15, 0.2) is 71.8 Å². The van der Waals surface area contributed by atoms with Gasteiger partial charge < -0.3 is 14.8 Å². The molecule has 0 spiro atoms. The van der Waals surface area contributed by atoms with Crippen LogP contribution in [0.4, 0.5) is 10.1 Å². The van der Waals surface area contributed by atoms with E-state index in [0.29, 0.717) is 21.6 Å². The van der Waals surface area contributed by atoms with Crippen molar-refractivity contribution in [2.24, 2.45) is 5.10 Å². The van der Waals surface area contributed by atoms with Gasteiger partial charge in [0.15, 0.2) is 16.6 Å². The van der Waals surface area contributed by atoms with Crippen molar-refractivity contribution in [1.29, 1.82) is 0 Å². The summed E-state index contributed by atoms with van der Waals surface area (Å²) >= 11 is 11.2. The summed E-state index contributed by atoms with van der Waals surface area (Å²) in [5, 5.41) is 7.82. The van der Waals surface area contributed by atoms with Gasteiger partial charge in [-0.05, 0) is 60.2 Å². The molecule has 0 bridgehead atoms. The van der Waals surface area contributed by atoms with Gasteiger partial charge in [-0.15, -0.1) is 0 Å². The number of nitrogens with zero attached hydrogens (tertiary/aromatic N) is 1. The number of para-hydroxylation sites is 1. The lowest BCUT2D eigenvalue weighted by atomic mass is 10.2. The third-order valence-electron chi connectivity index (χ3n) is 4.03. The summed E-state index contributed by atoms with van der Waals surface area (Å²) in [5.74, 6) is 0.524. The number of anilines is 1. The molecule has 3 aromatic carbocycles. The number of halogens is 2. The molecule has 2 N–H and O–H groups in total. The van der Waals surface area contributed by atoms with Crippen molar-refractivity contribution in [2.45, 2.75) is 6.61 Å². The van der Waals surface area contributed by atoms with E-state index in [1.807, 2.05) is 30.3 Å². The van der Waals surface area contributed by atoms with E-state index in [2.05, 4.69) is 15.8 Å². The number of benzene rings is 3. The fourth-order valence-electron chi connectivity index (χ4n) is 2.55. The summed E-state index contributed by atoms with van der Waals surface area (Å²) in [7, 11) is 1.52. The van der Waals surface area contributed by atoms with Crippen molar-refractivity contribution in [3.05, 3.63) is 88.7 Å². The number of methoxy groups -OCH3 is 1. The number of ether oxygens (including phenoxy) is 2. The van der Waals surface area contributed by atoms with Gasteiger partial charge in [0, 0.05) is 11.3 Å². The van der Waals surface area contributed by atoms with Gasteiger partial charge in [-0.3, -0.25) is 5.43 Å². The smallest absolute Gasteiger partial charge is 0.191 e. The minimum atomic E-state index is -0.420. The molecule has 0 atom stereocenters. The SMILES string of the molecule is COc1cc(/C=N\NC(=S)Nc2ccccc2)ccc1OCc1c(F)cccc1Cl. The lowest BCUT2D eigenvalue weighted by Crippen LogP contribution is -2.23. The third-order valence-corrected chi connectivity index (χ3v) is 4.58. The van der Waals surface area contributed by atoms with E-state index < -0.39 is 5.82 Å². The van der Waals surface area contributed by atoms with E-state index in [-0.39, 0.29) is 12.2 Å². The first-order valence-corrected chi connectivity index (χ1v) is 9.74. The predicted octanol–water partition coefficient (Wildman–Crippen LogP) is 5.39. The summed E-state index contributed by atoms with van der Waals surface area (Å²) in [6.07, 6.45) is 1.60. The molecule has 0 amide bonds. The van der Waals surface area contributed by atoms with Gasteiger partial charge in [0.2, 0.25) is 0 Å². The Morgan fingerprint density at radius 2 is 1.90 bits per heavy atom. The van der Waals surface area contributed by atoms with E-state index in [1.54, 1.807) is 36.5 Å². The zero-order chi connectivity index (χ0) is 21.3. The van der Waals surface area contributed by atoms with Crippen molar-refractivity contribution >= 4 is 40.8 Å². The molecule has 0 aliphatic rings. The van der Waals surface area contributed by atoms with Gasteiger partial charge in [-0.2, -0.15) is 5.10 Å². The third kappa shape index (κ3) is 5.92. The summed E-state index contributed by atoms with van der Waals surface area (Å²) in [4.78, 5) is 0. The first-order chi connectivity index (χ1) is 14.6. The van der Waals surface area contributed by atoms with E-state index in [4.69, 9.17) is 33.3 Å². The van der Waals surface area contributed by atoms with Crippen molar-refractivity contribution in [3.63, 3.8) is 0 Å². The van der Waals surface area contributed by atoms with Crippen molar-refractivity contribution in [2.75, 3.05) is 12.4 Å². The van der Waals surface area contributed by atoms with Crippen LogP contribution in [0.2, 0.25) is 5.02 Å². The largest absolute Gasteiger partial charge is 0.493 e. The Morgan fingerprint density at radius 1 is 1.10 bits per heavy atom. The van der Waals surface area contributed by atoms with Crippen LogP contribution in [0.5, 0.6) is 11.5 Å². The van der Waals surface area contributed by atoms with Crippen molar-refractivity contribution < 1.29 is 13.9 Å². The molecule has 0 saturated heterocycles. The highest BCUT2D eigenvalue weighted by Gasteiger charge is 2.10. The topological polar surface area (TPSA) is 54.9 Å². The Labute approximate surface area is 184 Å². The molecule has 0 heterocycles. The number of rotatable bonds is 7. The monoisotopic (exact) mass is 443 g/mol. The van der Waals surface area contributed by atoms with Gasteiger partial charge in [-0.25, -0.2) is 4.39 Å². The number of nitrogens with one attached hydrogen (secondary N) is 2. The average molecular weight is 444 g/mol. The van der Waals surface area contributed by atoms with Crippen LogP contribution in [0.25, 0.3) is 0 Å². The molecule has 3 rings (SSSR count). The molecule has 8 heteroatoms. The molecule has 5 nitrogen and oxygen atoms in total. The van der Waals surface area contributed by atoms with Crippen molar-refractivity contribution in [1.82, 2.24) is 5.43 Å². The number of hydrogen-bond acceptors (Lipinski definition) is 4. The second kappa shape index (κ2) is 10.6. The lowest BCUT2D eigenvalue weighted by Gasteiger charge is -2.12. The summed E-state index contributed by atoms with van der Waals surface area (Å²) in [6, 6.07) is 19.3. The van der Waals surface area contributed by atoms with Crippen molar-refractivity contribution in [3.8, 4) is 11.5 Å². The van der Waals surface area contributed by atoms with Gasteiger partial charge >= 0.3 is 0 Å². The minimum absolute atomic E-state index is 0.0176. The zero-order valence-electron chi connectivity index (χ0n) is 16.1. The molecule has 0 aliphatic heterocycles. The first kappa shape index (κ1) is 21.5. The quantitative estimate of drug-likeness (QED) is 0.291. The fourth-order valence-corrected chi connectivity index (χ4v) is 2.94. The number of hydrogen-bond donors (Lipinski definition) is 2. The van der Waals surface area contributed by atoms with Crippen LogP contribution >= 0.6 is 23.8 Å². The van der Waals surface area contributed by atoms with Crippen LogP contribution in [0.3, 0.4) is 0 Å². The van der Waals surface area contributed by atoms with Gasteiger partial charge in [0.1, 0.15) is 12.4 Å². The Bertz CT molecular complexity index is 1030. The minimum Gasteiger partial charge on any atom is -0.493 e. The van der Waals surface area contributed by atoms with Crippen LogP contribution < -0.4 is 20.2 Å².